The predicted octanol–water partition coefficient (Wildman–Crippen LogP) is 2.42. The number of likely N-dealkylation sites (tertiary alicyclic amines) is 1. The Morgan fingerprint density at radius 2 is 1.62 bits per heavy atom. The molecule has 1 atom stereocenters. The molecule has 7 rings (SSSR count). The second-order valence-electron chi connectivity index (χ2n) is 10.8. The van der Waals surface area contributed by atoms with Crippen molar-refractivity contribution in [1.82, 2.24) is 34.3 Å². The number of anilines is 1. The van der Waals surface area contributed by atoms with Crippen LogP contribution >= 0.6 is 0 Å². The fraction of sp³-hybridized carbons (Fsp3) is 0.517. The zero-order valence-electron chi connectivity index (χ0n) is 23.2. The van der Waals surface area contributed by atoms with Crippen molar-refractivity contribution < 1.29 is 14.2 Å². The van der Waals surface area contributed by atoms with Gasteiger partial charge in [-0.25, -0.2) is 15.0 Å². The Bertz CT molecular complexity index is 1490. The standard InChI is InChI=1S/C29H36N8O3/c1-20(38-2)27-31-23-5-3-4-6-25(23)37(27)29-32-24-8-7-21(17-34-18-22(19-34)35-9-13-39-14-10-35)30-26(24)28(33-29)36-11-15-40-16-12-36/h3-8,20,22H,9-19H2,1-2H3. The molecule has 0 aliphatic carbocycles. The smallest absolute Gasteiger partial charge is 0.238 e. The summed E-state index contributed by atoms with van der Waals surface area (Å²) in [6, 6.07) is 12.9. The van der Waals surface area contributed by atoms with Gasteiger partial charge in [-0.1, -0.05) is 12.1 Å². The molecule has 1 unspecified atom stereocenters. The number of rotatable bonds is 7. The summed E-state index contributed by atoms with van der Waals surface area (Å²) in [4.78, 5) is 27.5. The van der Waals surface area contributed by atoms with E-state index in [4.69, 9.17) is 34.1 Å². The van der Waals surface area contributed by atoms with E-state index in [1.165, 1.54) is 0 Å². The van der Waals surface area contributed by atoms with Gasteiger partial charge in [-0.05, 0) is 31.2 Å². The largest absolute Gasteiger partial charge is 0.379 e. The van der Waals surface area contributed by atoms with E-state index >= 15 is 0 Å². The number of para-hydroxylation sites is 2. The first-order valence-corrected chi connectivity index (χ1v) is 14.2. The van der Waals surface area contributed by atoms with Crippen LogP contribution in [0.3, 0.4) is 0 Å². The molecule has 3 fully saturated rings. The third-order valence-electron chi connectivity index (χ3n) is 8.27. The molecule has 3 aliphatic heterocycles. The molecule has 0 amide bonds. The zero-order chi connectivity index (χ0) is 27.1. The molecule has 210 valence electrons. The molecule has 0 spiro atoms. The molecule has 0 N–H and O–H groups in total. The Hall–Kier alpha value is -3.22. The van der Waals surface area contributed by atoms with Gasteiger partial charge in [0.2, 0.25) is 5.95 Å². The van der Waals surface area contributed by atoms with Crippen LogP contribution in [-0.2, 0) is 20.8 Å². The van der Waals surface area contributed by atoms with E-state index in [0.717, 1.165) is 98.4 Å². The van der Waals surface area contributed by atoms with E-state index in [-0.39, 0.29) is 6.10 Å². The maximum atomic E-state index is 5.68. The lowest BCUT2D eigenvalue weighted by Gasteiger charge is -2.46. The molecule has 11 heteroatoms. The number of morpholine rings is 2. The van der Waals surface area contributed by atoms with Crippen LogP contribution in [0.15, 0.2) is 36.4 Å². The van der Waals surface area contributed by atoms with Crippen LogP contribution in [-0.4, -0.2) is 113 Å². The molecule has 1 aromatic carbocycles. The van der Waals surface area contributed by atoms with Gasteiger partial charge in [0.1, 0.15) is 17.4 Å². The van der Waals surface area contributed by atoms with Gasteiger partial charge >= 0.3 is 0 Å². The summed E-state index contributed by atoms with van der Waals surface area (Å²) in [7, 11) is 1.70. The molecule has 3 aliphatic rings. The lowest BCUT2D eigenvalue weighted by atomic mass is 10.1. The van der Waals surface area contributed by atoms with Crippen molar-refractivity contribution in [2.24, 2.45) is 0 Å². The van der Waals surface area contributed by atoms with Crippen LogP contribution in [0.2, 0.25) is 0 Å². The number of methoxy groups -OCH3 is 1. The number of hydrogen-bond acceptors (Lipinski definition) is 10. The van der Waals surface area contributed by atoms with E-state index in [1.807, 2.05) is 29.7 Å². The third kappa shape index (κ3) is 4.82. The van der Waals surface area contributed by atoms with E-state index in [2.05, 4.69) is 32.9 Å². The van der Waals surface area contributed by atoms with Crippen molar-refractivity contribution in [3.8, 4) is 5.95 Å². The Labute approximate surface area is 233 Å². The molecule has 3 aromatic heterocycles. The number of benzene rings is 1. The van der Waals surface area contributed by atoms with Gasteiger partial charge in [0.25, 0.3) is 0 Å². The van der Waals surface area contributed by atoms with E-state index in [9.17, 15) is 0 Å². The average Bonchev–Trinajstić information content (AvgIpc) is 3.38. The molecule has 11 nitrogen and oxygen atoms in total. The molecule has 0 saturated carbocycles. The molecule has 4 aromatic rings. The van der Waals surface area contributed by atoms with Gasteiger partial charge in [0.15, 0.2) is 5.82 Å². The molecule has 0 radical (unpaired) electrons. The molecule has 40 heavy (non-hydrogen) atoms. The summed E-state index contributed by atoms with van der Waals surface area (Å²) in [6.07, 6.45) is -0.225. The van der Waals surface area contributed by atoms with Crippen LogP contribution in [0.25, 0.3) is 28.0 Å². The molecule has 6 heterocycles. The minimum absolute atomic E-state index is 0.225. The Kier molecular flexibility index (Phi) is 7.06. The summed E-state index contributed by atoms with van der Waals surface area (Å²) < 4.78 is 18.9. The van der Waals surface area contributed by atoms with Crippen molar-refractivity contribution in [2.75, 3.05) is 77.7 Å². The number of pyridine rings is 1. The Morgan fingerprint density at radius 3 is 2.40 bits per heavy atom. The van der Waals surface area contributed by atoms with Gasteiger partial charge in [-0.15, -0.1) is 0 Å². The van der Waals surface area contributed by atoms with Gasteiger partial charge in [0.05, 0.1) is 48.7 Å². The van der Waals surface area contributed by atoms with Crippen molar-refractivity contribution in [1.29, 1.82) is 0 Å². The fourth-order valence-electron chi connectivity index (χ4n) is 5.92. The van der Waals surface area contributed by atoms with Crippen molar-refractivity contribution in [3.05, 3.63) is 47.9 Å². The average molecular weight is 545 g/mol. The predicted molar refractivity (Wildman–Crippen MR) is 152 cm³/mol. The Balaban J connectivity index is 1.25. The highest BCUT2D eigenvalue weighted by Gasteiger charge is 2.33. The van der Waals surface area contributed by atoms with Gasteiger partial charge in [0, 0.05) is 59.0 Å². The Morgan fingerprint density at radius 1 is 0.875 bits per heavy atom. The van der Waals surface area contributed by atoms with Crippen LogP contribution in [0.4, 0.5) is 5.82 Å². The number of ether oxygens (including phenoxy) is 3. The highest BCUT2D eigenvalue weighted by atomic mass is 16.5. The lowest BCUT2D eigenvalue weighted by molar-refractivity contribution is -0.0347. The summed E-state index contributed by atoms with van der Waals surface area (Å²) in [6.45, 7) is 11.6. The number of imidazole rings is 1. The number of fused-ring (bicyclic) bond motifs is 2. The van der Waals surface area contributed by atoms with Crippen molar-refractivity contribution in [3.63, 3.8) is 0 Å². The minimum atomic E-state index is -0.225. The number of aromatic nitrogens is 5. The summed E-state index contributed by atoms with van der Waals surface area (Å²) in [5.74, 6) is 2.19. The van der Waals surface area contributed by atoms with Crippen LogP contribution in [0, 0.1) is 0 Å². The third-order valence-corrected chi connectivity index (χ3v) is 8.27. The SMILES string of the molecule is COC(C)c1nc2ccccc2n1-c1nc(N2CCOCC2)c2nc(CN3CC(N4CCOCC4)C3)ccc2n1. The molecular weight excluding hydrogens is 508 g/mol. The molecular formula is C29H36N8O3. The highest BCUT2D eigenvalue weighted by Crippen LogP contribution is 2.30. The van der Waals surface area contributed by atoms with E-state index in [1.54, 1.807) is 7.11 Å². The van der Waals surface area contributed by atoms with Crippen LogP contribution in [0.1, 0.15) is 24.5 Å². The van der Waals surface area contributed by atoms with Gasteiger partial charge < -0.3 is 19.1 Å². The first-order valence-electron chi connectivity index (χ1n) is 14.2. The second kappa shape index (κ2) is 11.0. The molecule has 0 bridgehead atoms. The van der Waals surface area contributed by atoms with Crippen LogP contribution in [0.5, 0.6) is 0 Å². The van der Waals surface area contributed by atoms with Crippen molar-refractivity contribution in [2.45, 2.75) is 25.6 Å². The zero-order valence-corrected chi connectivity index (χ0v) is 23.2. The molecule has 3 saturated heterocycles. The number of nitrogens with zero attached hydrogens (tertiary/aromatic N) is 8. The quantitative estimate of drug-likeness (QED) is 0.345. The first kappa shape index (κ1) is 25.7. The fourth-order valence-corrected chi connectivity index (χ4v) is 5.92. The maximum absolute atomic E-state index is 5.68. The highest BCUT2D eigenvalue weighted by molar-refractivity contribution is 5.87. The summed E-state index contributed by atoms with van der Waals surface area (Å²) in [5.41, 5.74) is 4.53. The van der Waals surface area contributed by atoms with Crippen molar-refractivity contribution >= 4 is 27.9 Å². The number of hydrogen-bond donors (Lipinski definition) is 0. The van der Waals surface area contributed by atoms with Gasteiger partial charge in [-0.3, -0.25) is 14.4 Å². The second-order valence-corrected chi connectivity index (χ2v) is 10.8. The minimum Gasteiger partial charge on any atom is -0.379 e. The monoisotopic (exact) mass is 544 g/mol. The van der Waals surface area contributed by atoms with E-state index < -0.39 is 0 Å². The summed E-state index contributed by atoms with van der Waals surface area (Å²) >= 11 is 0. The maximum Gasteiger partial charge on any atom is 0.238 e. The first-order chi connectivity index (χ1) is 19.7. The normalized spacial score (nSPS) is 20.3. The summed E-state index contributed by atoms with van der Waals surface area (Å²) in [5, 5.41) is 0. The van der Waals surface area contributed by atoms with Gasteiger partial charge in [-0.2, -0.15) is 4.98 Å². The van der Waals surface area contributed by atoms with E-state index in [0.29, 0.717) is 25.2 Å². The van der Waals surface area contributed by atoms with Crippen LogP contribution < -0.4 is 4.90 Å². The lowest BCUT2D eigenvalue weighted by Crippen LogP contribution is -2.60. The topological polar surface area (TPSA) is 93.9 Å².